The molecule has 0 saturated carbocycles. The van der Waals surface area contributed by atoms with Gasteiger partial charge in [-0.3, -0.25) is 0 Å². The van der Waals surface area contributed by atoms with Crippen LogP contribution in [-0.2, 0) is 0 Å². The van der Waals surface area contributed by atoms with E-state index in [4.69, 9.17) is 10.5 Å². The van der Waals surface area contributed by atoms with Gasteiger partial charge in [-0.05, 0) is 47.5 Å². The fourth-order valence-electron chi connectivity index (χ4n) is 1.66. The molecule has 0 aliphatic carbocycles. The molecule has 1 aromatic heterocycles. The number of nitrogen functional groups attached to an aromatic ring is 1. The maximum absolute atomic E-state index is 5.72. The van der Waals surface area contributed by atoms with Crippen LogP contribution in [0.5, 0.6) is 5.75 Å². The van der Waals surface area contributed by atoms with Gasteiger partial charge >= 0.3 is 0 Å². The van der Waals surface area contributed by atoms with E-state index < -0.39 is 0 Å². The van der Waals surface area contributed by atoms with Crippen molar-refractivity contribution in [3.63, 3.8) is 0 Å². The molecule has 0 aliphatic heterocycles. The first-order chi connectivity index (χ1) is 8.61. The first-order valence-electron chi connectivity index (χ1n) is 5.77. The van der Waals surface area contributed by atoms with Gasteiger partial charge < -0.3 is 10.5 Å². The summed E-state index contributed by atoms with van der Waals surface area (Å²) in [5, 5.41) is 0.602. The topological polar surface area (TPSA) is 48.1 Å². The minimum absolute atomic E-state index is 0.602. The molecule has 5 heteroatoms. The van der Waals surface area contributed by atoms with Gasteiger partial charge in [0, 0.05) is 10.4 Å². The average molecular weight is 327 g/mol. The van der Waals surface area contributed by atoms with E-state index in [0.29, 0.717) is 5.13 Å². The third-order valence-electron chi connectivity index (χ3n) is 2.48. The third kappa shape index (κ3) is 2.84. The third-order valence-corrected chi connectivity index (χ3v) is 3.90. The molecular formula is C13H15BrN2OS. The number of aryl methyl sites for hydroxylation is 1. The predicted octanol–water partition coefficient (Wildman–Crippen LogP) is 4.25. The van der Waals surface area contributed by atoms with Crippen LogP contribution in [0.4, 0.5) is 5.13 Å². The molecule has 18 heavy (non-hydrogen) atoms. The number of rotatable bonds is 4. The summed E-state index contributed by atoms with van der Waals surface area (Å²) >= 11 is 5.03. The van der Waals surface area contributed by atoms with Crippen molar-refractivity contribution in [1.29, 1.82) is 0 Å². The second-order valence-corrected chi connectivity index (χ2v) is 6.04. The maximum Gasteiger partial charge on any atom is 0.180 e. The Morgan fingerprint density at radius 1 is 1.44 bits per heavy atom. The van der Waals surface area contributed by atoms with Gasteiger partial charge in [-0.1, -0.05) is 6.92 Å². The van der Waals surface area contributed by atoms with Crippen LogP contribution in [0, 0.1) is 6.92 Å². The zero-order valence-electron chi connectivity index (χ0n) is 10.4. The molecule has 3 nitrogen and oxygen atoms in total. The number of benzene rings is 1. The van der Waals surface area contributed by atoms with Gasteiger partial charge in [0.25, 0.3) is 0 Å². The molecule has 0 amide bonds. The van der Waals surface area contributed by atoms with E-state index in [1.165, 1.54) is 11.3 Å². The summed E-state index contributed by atoms with van der Waals surface area (Å²) in [5.41, 5.74) is 7.72. The standard InChI is InChI=1S/C13H15BrN2OS/c1-3-6-17-11-5-4-9(7-10(11)14)12-8(2)18-13(15)16-12/h4-5,7H,3,6H2,1-2H3,(H2,15,16). The average Bonchev–Trinajstić information content (AvgIpc) is 2.67. The molecule has 0 unspecified atom stereocenters. The van der Waals surface area contributed by atoms with Crippen LogP contribution in [-0.4, -0.2) is 11.6 Å². The molecule has 0 atom stereocenters. The highest BCUT2D eigenvalue weighted by molar-refractivity contribution is 9.10. The van der Waals surface area contributed by atoms with Gasteiger partial charge in [0.15, 0.2) is 5.13 Å². The van der Waals surface area contributed by atoms with Crippen molar-refractivity contribution < 1.29 is 4.74 Å². The number of hydrogen-bond acceptors (Lipinski definition) is 4. The Morgan fingerprint density at radius 2 is 2.22 bits per heavy atom. The van der Waals surface area contributed by atoms with Crippen LogP contribution < -0.4 is 10.5 Å². The van der Waals surface area contributed by atoms with E-state index in [1.54, 1.807) is 0 Å². The number of aromatic nitrogens is 1. The molecule has 0 fully saturated rings. The van der Waals surface area contributed by atoms with Crippen LogP contribution in [0.2, 0.25) is 0 Å². The molecule has 2 rings (SSSR count). The van der Waals surface area contributed by atoms with E-state index in [2.05, 4.69) is 27.8 Å². The number of nitrogens with zero attached hydrogens (tertiary/aromatic N) is 1. The minimum Gasteiger partial charge on any atom is -0.492 e. The van der Waals surface area contributed by atoms with Gasteiger partial charge in [-0.25, -0.2) is 4.98 Å². The Kier molecular flexibility index (Phi) is 4.24. The number of anilines is 1. The molecule has 2 N–H and O–H groups in total. The molecule has 1 aromatic carbocycles. The predicted molar refractivity (Wildman–Crippen MR) is 80.2 cm³/mol. The highest BCUT2D eigenvalue weighted by atomic mass is 79.9. The number of ether oxygens (including phenoxy) is 1. The number of hydrogen-bond donors (Lipinski definition) is 1. The molecule has 0 radical (unpaired) electrons. The monoisotopic (exact) mass is 326 g/mol. The largest absolute Gasteiger partial charge is 0.492 e. The lowest BCUT2D eigenvalue weighted by atomic mass is 10.1. The maximum atomic E-state index is 5.72. The van der Waals surface area contributed by atoms with Crippen molar-refractivity contribution in [2.24, 2.45) is 0 Å². The summed E-state index contributed by atoms with van der Waals surface area (Å²) in [6.07, 6.45) is 0.996. The van der Waals surface area contributed by atoms with E-state index in [1.807, 2.05) is 25.1 Å². The first kappa shape index (κ1) is 13.4. The highest BCUT2D eigenvalue weighted by Gasteiger charge is 2.10. The Hall–Kier alpha value is -1.07. The lowest BCUT2D eigenvalue weighted by molar-refractivity contribution is 0.315. The van der Waals surface area contributed by atoms with Crippen molar-refractivity contribution in [2.45, 2.75) is 20.3 Å². The summed E-state index contributed by atoms with van der Waals surface area (Å²) < 4.78 is 6.57. The van der Waals surface area contributed by atoms with Crippen molar-refractivity contribution >= 4 is 32.4 Å². The summed E-state index contributed by atoms with van der Waals surface area (Å²) in [7, 11) is 0. The Balaban J connectivity index is 2.31. The van der Waals surface area contributed by atoms with Crippen molar-refractivity contribution in [3.8, 4) is 17.0 Å². The smallest absolute Gasteiger partial charge is 0.180 e. The number of thiazole rings is 1. The van der Waals surface area contributed by atoms with Crippen LogP contribution in [0.1, 0.15) is 18.2 Å². The van der Waals surface area contributed by atoms with Gasteiger partial charge in [-0.2, -0.15) is 0 Å². The Morgan fingerprint density at radius 3 is 2.78 bits per heavy atom. The minimum atomic E-state index is 0.602. The van der Waals surface area contributed by atoms with Crippen LogP contribution >= 0.6 is 27.3 Å². The Labute approximate surface area is 119 Å². The quantitative estimate of drug-likeness (QED) is 0.913. The Bertz CT molecular complexity index is 554. The van der Waals surface area contributed by atoms with Gasteiger partial charge in [0.05, 0.1) is 16.8 Å². The molecule has 2 aromatic rings. The molecular weight excluding hydrogens is 312 g/mol. The summed E-state index contributed by atoms with van der Waals surface area (Å²) in [5.74, 6) is 0.862. The van der Waals surface area contributed by atoms with Gasteiger partial charge in [-0.15, -0.1) is 11.3 Å². The van der Waals surface area contributed by atoms with Crippen LogP contribution in [0.25, 0.3) is 11.3 Å². The van der Waals surface area contributed by atoms with Gasteiger partial charge in [0.2, 0.25) is 0 Å². The molecule has 0 spiro atoms. The number of nitrogens with two attached hydrogens (primary N) is 1. The molecule has 1 heterocycles. The molecule has 96 valence electrons. The second-order valence-electron chi connectivity index (χ2n) is 3.95. The lowest BCUT2D eigenvalue weighted by Gasteiger charge is -2.08. The molecule has 0 bridgehead atoms. The second kappa shape index (κ2) is 5.71. The summed E-state index contributed by atoms with van der Waals surface area (Å²) in [4.78, 5) is 5.47. The highest BCUT2D eigenvalue weighted by Crippen LogP contribution is 2.34. The van der Waals surface area contributed by atoms with E-state index in [9.17, 15) is 0 Å². The molecule has 0 saturated heterocycles. The zero-order chi connectivity index (χ0) is 13.1. The van der Waals surface area contributed by atoms with Crippen molar-refractivity contribution in [1.82, 2.24) is 4.98 Å². The van der Waals surface area contributed by atoms with E-state index >= 15 is 0 Å². The van der Waals surface area contributed by atoms with E-state index in [0.717, 1.165) is 39.4 Å². The van der Waals surface area contributed by atoms with Crippen LogP contribution in [0.15, 0.2) is 22.7 Å². The summed E-state index contributed by atoms with van der Waals surface area (Å²) in [6, 6.07) is 5.99. The van der Waals surface area contributed by atoms with Crippen molar-refractivity contribution in [3.05, 3.63) is 27.5 Å². The normalized spacial score (nSPS) is 10.6. The zero-order valence-corrected chi connectivity index (χ0v) is 12.8. The van der Waals surface area contributed by atoms with E-state index in [-0.39, 0.29) is 0 Å². The first-order valence-corrected chi connectivity index (χ1v) is 7.38. The van der Waals surface area contributed by atoms with Gasteiger partial charge in [0.1, 0.15) is 5.75 Å². The lowest BCUT2D eigenvalue weighted by Crippen LogP contribution is -1.95. The fourth-order valence-corrected chi connectivity index (χ4v) is 2.87. The summed E-state index contributed by atoms with van der Waals surface area (Å²) in [6.45, 7) is 4.84. The fraction of sp³-hybridized carbons (Fsp3) is 0.308. The SMILES string of the molecule is CCCOc1ccc(-c2nc(N)sc2C)cc1Br. The number of halogens is 1. The van der Waals surface area contributed by atoms with Crippen LogP contribution in [0.3, 0.4) is 0 Å². The van der Waals surface area contributed by atoms with Crippen molar-refractivity contribution in [2.75, 3.05) is 12.3 Å². The molecule has 0 aliphatic rings.